The summed E-state index contributed by atoms with van der Waals surface area (Å²) in [5.41, 5.74) is 8.52. The van der Waals surface area contributed by atoms with Gasteiger partial charge in [-0.05, 0) is 81.4 Å². The first-order valence-electron chi connectivity index (χ1n) is 15.1. The van der Waals surface area contributed by atoms with Crippen molar-refractivity contribution in [3.8, 4) is 11.1 Å². The molecule has 3 aromatic heterocycles. The van der Waals surface area contributed by atoms with Crippen molar-refractivity contribution in [2.24, 2.45) is 5.73 Å². The Morgan fingerprint density at radius 2 is 1.69 bits per heavy atom. The second-order valence-corrected chi connectivity index (χ2v) is 11.9. The molecule has 42 heavy (non-hydrogen) atoms. The predicted molar refractivity (Wildman–Crippen MR) is 177 cm³/mol. The van der Waals surface area contributed by atoms with Gasteiger partial charge in [-0.1, -0.05) is 38.1 Å². The number of nitrogens with zero attached hydrogens (tertiary/aromatic N) is 4. The predicted octanol–water partition coefficient (Wildman–Crippen LogP) is 6.66. The topological polar surface area (TPSA) is 83.9 Å². The van der Waals surface area contributed by atoms with E-state index in [4.69, 9.17) is 9.78 Å². The summed E-state index contributed by atoms with van der Waals surface area (Å²) in [4.78, 5) is 31.5. The summed E-state index contributed by atoms with van der Waals surface area (Å²) in [6.45, 7) is 8.27. The molecular formula is C34H41N5O2S. The highest BCUT2D eigenvalue weighted by molar-refractivity contribution is 7.26. The van der Waals surface area contributed by atoms with E-state index in [1.54, 1.807) is 10.5 Å². The first-order chi connectivity index (χ1) is 20.6. The van der Waals surface area contributed by atoms with Crippen molar-refractivity contribution >= 4 is 49.4 Å². The van der Waals surface area contributed by atoms with Gasteiger partial charge in [-0.25, -0.2) is 4.98 Å². The molecule has 0 aliphatic carbocycles. The van der Waals surface area contributed by atoms with E-state index in [2.05, 4.69) is 65.0 Å². The number of thiophene rings is 1. The molecule has 2 aliphatic heterocycles. The average Bonchev–Trinajstić information content (AvgIpc) is 3.41. The lowest BCUT2D eigenvalue weighted by atomic mass is 9.90. The number of piperidine rings is 2. The Kier molecular flexibility index (Phi) is 9.55. The number of likely N-dealkylation sites (tertiary alicyclic amines) is 1. The van der Waals surface area contributed by atoms with Crippen molar-refractivity contribution in [3.05, 3.63) is 76.7 Å². The summed E-state index contributed by atoms with van der Waals surface area (Å²) >= 11 is 1.85. The van der Waals surface area contributed by atoms with Gasteiger partial charge >= 0.3 is 0 Å². The first kappa shape index (κ1) is 29.7. The van der Waals surface area contributed by atoms with Gasteiger partial charge < -0.3 is 15.5 Å². The fourth-order valence-corrected chi connectivity index (χ4v) is 7.54. The minimum atomic E-state index is -0.0157. The van der Waals surface area contributed by atoms with E-state index in [-0.39, 0.29) is 12.0 Å². The van der Waals surface area contributed by atoms with Crippen LogP contribution in [-0.2, 0) is 4.79 Å². The minimum absolute atomic E-state index is 0.0157. The molecule has 2 N–H and O–H groups in total. The molecule has 0 spiro atoms. The molecule has 8 heteroatoms. The van der Waals surface area contributed by atoms with Gasteiger partial charge in [0.2, 0.25) is 6.41 Å². The second-order valence-electron chi connectivity index (χ2n) is 10.9. The van der Waals surface area contributed by atoms with Gasteiger partial charge in [0.1, 0.15) is 11.5 Å². The number of fused-ring (bicyclic) bond motifs is 4. The van der Waals surface area contributed by atoms with E-state index in [0.717, 1.165) is 55.1 Å². The number of aromatic nitrogens is 2. The van der Waals surface area contributed by atoms with E-state index in [1.165, 1.54) is 51.5 Å². The largest absolute Gasteiger partial charge is 0.372 e. The summed E-state index contributed by atoms with van der Waals surface area (Å²) in [6, 6.07) is 19.5. The van der Waals surface area contributed by atoms with Gasteiger partial charge in [0.15, 0.2) is 0 Å². The van der Waals surface area contributed by atoms with E-state index < -0.39 is 0 Å². The number of hydrogen-bond donors (Lipinski definition) is 1. The third-order valence-electron chi connectivity index (χ3n) is 8.26. The van der Waals surface area contributed by atoms with Gasteiger partial charge in [0.25, 0.3) is 5.56 Å². The van der Waals surface area contributed by atoms with Crippen LogP contribution < -0.4 is 16.2 Å². The lowest BCUT2D eigenvalue weighted by Crippen LogP contribution is -2.31. The van der Waals surface area contributed by atoms with Crippen LogP contribution in [0.15, 0.2) is 65.6 Å². The molecule has 2 aliphatic rings. The smallest absolute Gasteiger partial charge is 0.259 e. The van der Waals surface area contributed by atoms with Crippen molar-refractivity contribution in [3.63, 3.8) is 0 Å². The molecule has 2 aromatic carbocycles. The number of rotatable bonds is 3. The molecule has 0 bridgehead atoms. The first-order valence-corrected chi connectivity index (χ1v) is 16.0. The Hall–Kier alpha value is -3.75. The number of likely N-dealkylation sites (N-methyl/N-ethyl adjacent to an activating group) is 1. The summed E-state index contributed by atoms with van der Waals surface area (Å²) in [5, 5.41) is 2.63. The lowest BCUT2D eigenvalue weighted by Gasteiger charge is -2.30. The number of carbonyl (C=O) groups excluding carboxylic acids is 1. The molecule has 0 radical (unpaired) electrons. The average molecular weight is 584 g/mol. The van der Waals surface area contributed by atoms with Crippen LogP contribution in [0.1, 0.15) is 57.4 Å². The third kappa shape index (κ3) is 5.92. The number of anilines is 1. The molecule has 2 fully saturated rings. The van der Waals surface area contributed by atoms with Crippen LogP contribution in [0.4, 0.5) is 5.82 Å². The fourth-order valence-electron chi connectivity index (χ4n) is 6.33. The quantitative estimate of drug-likeness (QED) is 0.240. The number of benzene rings is 2. The van der Waals surface area contributed by atoms with Crippen LogP contribution in [0.2, 0.25) is 0 Å². The van der Waals surface area contributed by atoms with Crippen molar-refractivity contribution < 1.29 is 4.79 Å². The molecule has 0 saturated carbocycles. The Labute approximate surface area is 251 Å². The molecule has 1 unspecified atom stereocenters. The maximum absolute atomic E-state index is 13.1. The van der Waals surface area contributed by atoms with E-state index in [1.807, 2.05) is 37.4 Å². The number of carbonyl (C=O) groups is 1. The molecule has 5 heterocycles. The SMILES string of the molecule is CC.CN1CCCC(c2ccc3sc4c(-c5cccn6c(=O)cc(N7CCCCC7)nc56)cccc4c3c2)C1.NC=O. The van der Waals surface area contributed by atoms with E-state index >= 15 is 0 Å². The van der Waals surface area contributed by atoms with Crippen LogP contribution >= 0.6 is 11.3 Å². The molecule has 7 rings (SSSR count). The zero-order valence-corrected chi connectivity index (χ0v) is 25.7. The van der Waals surface area contributed by atoms with Crippen molar-refractivity contribution in [1.82, 2.24) is 14.3 Å². The summed E-state index contributed by atoms with van der Waals surface area (Å²) < 4.78 is 4.28. The number of hydrogen-bond acceptors (Lipinski definition) is 6. The molecule has 1 atom stereocenters. The van der Waals surface area contributed by atoms with Gasteiger partial charge in [0.05, 0.1) is 0 Å². The van der Waals surface area contributed by atoms with Gasteiger partial charge in [-0.3, -0.25) is 14.0 Å². The molecule has 220 valence electrons. The van der Waals surface area contributed by atoms with E-state index in [9.17, 15) is 4.79 Å². The molecule has 5 aromatic rings. The molecular weight excluding hydrogens is 542 g/mol. The summed E-state index contributed by atoms with van der Waals surface area (Å²) in [7, 11) is 2.23. The highest BCUT2D eigenvalue weighted by atomic mass is 32.1. The number of primary amides is 1. The third-order valence-corrected chi connectivity index (χ3v) is 9.48. The van der Waals surface area contributed by atoms with Crippen LogP contribution in [0.3, 0.4) is 0 Å². The van der Waals surface area contributed by atoms with Crippen LogP contribution in [0.5, 0.6) is 0 Å². The Morgan fingerprint density at radius 3 is 2.45 bits per heavy atom. The molecule has 2 saturated heterocycles. The highest BCUT2D eigenvalue weighted by Gasteiger charge is 2.21. The maximum atomic E-state index is 13.1. The van der Waals surface area contributed by atoms with Crippen LogP contribution in [0.25, 0.3) is 36.9 Å². The monoisotopic (exact) mass is 583 g/mol. The van der Waals surface area contributed by atoms with Gasteiger partial charge in [-0.2, -0.15) is 0 Å². The van der Waals surface area contributed by atoms with E-state index in [0.29, 0.717) is 5.92 Å². The Balaban J connectivity index is 0.000000665. The fraction of sp³-hybridized carbons (Fsp3) is 0.382. The standard InChI is InChI=1S/C31H32N4OS.C2H6.CH3NO/c1-33-14-6-8-22(20-33)21-12-13-27-26(18-21)24-10-5-9-23(30(24)37-27)25-11-7-17-35-29(36)19-28(32-31(25)35)34-15-3-2-4-16-34;1-2;2-1-3/h5,7,9-13,17-19,22H,2-4,6,8,14-16,20H2,1H3;1-2H3;1H,(H2,2,3). The Bertz CT molecular complexity index is 1740. The molecule has 1 amide bonds. The molecule has 7 nitrogen and oxygen atoms in total. The van der Waals surface area contributed by atoms with Crippen molar-refractivity contribution in [2.45, 2.75) is 51.9 Å². The van der Waals surface area contributed by atoms with Crippen LogP contribution in [-0.4, -0.2) is 53.9 Å². The number of amides is 1. The second kappa shape index (κ2) is 13.5. The summed E-state index contributed by atoms with van der Waals surface area (Å²) in [5.74, 6) is 1.41. The zero-order chi connectivity index (χ0) is 29.6. The maximum Gasteiger partial charge on any atom is 0.259 e. The van der Waals surface area contributed by atoms with Crippen molar-refractivity contribution in [2.75, 3.05) is 38.1 Å². The zero-order valence-electron chi connectivity index (χ0n) is 24.9. The highest BCUT2D eigenvalue weighted by Crippen LogP contribution is 2.42. The van der Waals surface area contributed by atoms with Gasteiger partial charge in [0, 0.05) is 63.2 Å². The van der Waals surface area contributed by atoms with Crippen molar-refractivity contribution in [1.29, 1.82) is 0 Å². The number of nitrogens with two attached hydrogens (primary N) is 1. The normalized spacial score (nSPS) is 17.4. The van der Waals surface area contributed by atoms with Gasteiger partial charge in [-0.15, -0.1) is 11.3 Å². The Morgan fingerprint density at radius 1 is 0.929 bits per heavy atom. The minimum Gasteiger partial charge on any atom is -0.372 e. The lowest BCUT2D eigenvalue weighted by molar-refractivity contribution is -0.106. The van der Waals surface area contributed by atoms with Crippen LogP contribution in [0, 0.1) is 0 Å². The number of pyridine rings is 1. The summed E-state index contributed by atoms with van der Waals surface area (Å²) in [6.07, 6.45) is 8.18.